The highest BCUT2D eigenvalue weighted by Crippen LogP contribution is 2.42. The molecule has 2 unspecified atom stereocenters. The van der Waals surface area contributed by atoms with Gasteiger partial charge in [-0.3, -0.25) is 0 Å². The number of phenols is 1. The first-order valence-electron chi connectivity index (χ1n) is 6.21. The number of hydrogen-bond donors (Lipinski definition) is 1. The zero-order valence-corrected chi connectivity index (χ0v) is 13.1. The lowest BCUT2D eigenvalue weighted by Crippen LogP contribution is -2.16. The van der Waals surface area contributed by atoms with Crippen LogP contribution in [0.25, 0.3) is 11.5 Å². The number of aromatic nitrogens is 2. The summed E-state index contributed by atoms with van der Waals surface area (Å²) in [5, 5.41) is 15.1. The highest BCUT2D eigenvalue weighted by Gasteiger charge is 2.29. The number of thioether (sulfide) groups is 2. The third kappa shape index (κ3) is 2.77. The Kier molecular flexibility index (Phi) is 4.14. The van der Waals surface area contributed by atoms with E-state index in [0.717, 1.165) is 11.5 Å². The molecule has 20 heavy (non-hydrogen) atoms. The van der Waals surface area contributed by atoms with Crippen molar-refractivity contribution >= 4 is 35.1 Å². The highest BCUT2D eigenvalue weighted by molar-refractivity contribution is 8.06. The van der Waals surface area contributed by atoms with E-state index >= 15 is 0 Å². The highest BCUT2D eigenvalue weighted by atomic mass is 35.5. The predicted molar refractivity (Wildman–Crippen MR) is 83.5 cm³/mol. The summed E-state index contributed by atoms with van der Waals surface area (Å²) in [5.74, 6) is 3.32. The van der Waals surface area contributed by atoms with Crippen LogP contribution in [0.15, 0.2) is 22.7 Å². The van der Waals surface area contributed by atoms with Gasteiger partial charge in [-0.15, -0.1) is 11.8 Å². The first-order valence-corrected chi connectivity index (χ1v) is 8.68. The molecular weight excluding hydrogens is 316 g/mol. The average Bonchev–Trinajstić information content (AvgIpc) is 2.88. The molecule has 1 saturated heterocycles. The summed E-state index contributed by atoms with van der Waals surface area (Å²) in [6.45, 7) is 2.18. The third-order valence-electron chi connectivity index (χ3n) is 3.07. The Bertz CT molecular complexity index is 620. The number of phenolic OH excluding ortho intramolecular Hbond substituents is 1. The number of hydrogen-bond acceptors (Lipinski definition) is 6. The van der Waals surface area contributed by atoms with E-state index in [4.69, 9.17) is 16.1 Å². The van der Waals surface area contributed by atoms with Crippen LogP contribution in [0, 0.1) is 0 Å². The molecule has 1 aliphatic rings. The number of halogens is 1. The van der Waals surface area contributed by atoms with Crippen molar-refractivity contribution in [2.75, 3.05) is 11.5 Å². The molecule has 0 amide bonds. The van der Waals surface area contributed by atoms with Crippen molar-refractivity contribution in [2.24, 2.45) is 0 Å². The molecule has 0 spiro atoms. The van der Waals surface area contributed by atoms with Gasteiger partial charge in [0.25, 0.3) is 5.89 Å². The molecule has 1 aliphatic heterocycles. The van der Waals surface area contributed by atoms with Crippen molar-refractivity contribution in [2.45, 2.75) is 17.4 Å². The van der Waals surface area contributed by atoms with Crippen LogP contribution in [0.1, 0.15) is 18.0 Å². The molecule has 1 fully saturated rings. The molecular formula is C13H13ClN2O2S2. The van der Waals surface area contributed by atoms with Crippen molar-refractivity contribution < 1.29 is 9.63 Å². The number of nitrogens with zero attached hydrogens (tertiary/aromatic N) is 2. The van der Waals surface area contributed by atoms with Crippen LogP contribution in [0.5, 0.6) is 5.75 Å². The summed E-state index contributed by atoms with van der Waals surface area (Å²) in [6.07, 6.45) is 0. The summed E-state index contributed by atoms with van der Waals surface area (Å²) in [7, 11) is 0. The topological polar surface area (TPSA) is 59.2 Å². The molecule has 2 heterocycles. The van der Waals surface area contributed by atoms with Crippen LogP contribution in [-0.4, -0.2) is 32.0 Å². The van der Waals surface area contributed by atoms with E-state index in [0.29, 0.717) is 27.6 Å². The van der Waals surface area contributed by atoms with Gasteiger partial charge in [0.1, 0.15) is 5.75 Å². The quantitative estimate of drug-likeness (QED) is 0.899. The Labute approximate surface area is 130 Å². The van der Waals surface area contributed by atoms with E-state index in [2.05, 4.69) is 17.1 Å². The smallest absolute Gasteiger partial charge is 0.261 e. The summed E-state index contributed by atoms with van der Waals surface area (Å²) in [5.41, 5.74) is 0.509. The molecule has 4 nitrogen and oxygen atoms in total. The van der Waals surface area contributed by atoms with Gasteiger partial charge in [-0.1, -0.05) is 23.7 Å². The zero-order valence-electron chi connectivity index (χ0n) is 10.7. The van der Waals surface area contributed by atoms with Crippen LogP contribution < -0.4 is 0 Å². The Hall–Kier alpha value is -0.850. The SMILES string of the molecule is CC1SCCSC1c1noc(-c2ccc(Cl)cc2O)n1. The maximum Gasteiger partial charge on any atom is 0.261 e. The van der Waals surface area contributed by atoms with Crippen LogP contribution in [0.3, 0.4) is 0 Å². The van der Waals surface area contributed by atoms with Crippen LogP contribution in [0.2, 0.25) is 5.02 Å². The van der Waals surface area contributed by atoms with Crippen LogP contribution in [0.4, 0.5) is 0 Å². The van der Waals surface area contributed by atoms with Crippen LogP contribution in [-0.2, 0) is 0 Å². The maximum atomic E-state index is 9.89. The fourth-order valence-electron chi connectivity index (χ4n) is 2.06. The van der Waals surface area contributed by atoms with Crippen molar-refractivity contribution in [3.8, 4) is 17.2 Å². The van der Waals surface area contributed by atoms with Crippen molar-refractivity contribution in [1.29, 1.82) is 0 Å². The Morgan fingerprint density at radius 3 is 2.90 bits per heavy atom. The molecule has 0 radical (unpaired) electrons. The van der Waals surface area contributed by atoms with Gasteiger partial charge < -0.3 is 9.63 Å². The fraction of sp³-hybridized carbons (Fsp3) is 0.385. The summed E-state index contributed by atoms with van der Waals surface area (Å²) in [6, 6.07) is 4.84. The van der Waals surface area contributed by atoms with E-state index in [1.807, 2.05) is 23.5 Å². The summed E-state index contributed by atoms with van der Waals surface area (Å²) >= 11 is 9.59. The monoisotopic (exact) mass is 328 g/mol. The Morgan fingerprint density at radius 2 is 2.15 bits per heavy atom. The van der Waals surface area contributed by atoms with E-state index < -0.39 is 0 Å². The molecule has 0 bridgehead atoms. The van der Waals surface area contributed by atoms with E-state index in [1.54, 1.807) is 12.1 Å². The molecule has 1 aromatic heterocycles. The van der Waals surface area contributed by atoms with Crippen molar-refractivity contribution in [3.63, 3.8) is 0 Å². The van der Waals surface area contributed by atoms with Gasteiger partial charge in [0.15, 0.2) is 5.82 Å². The molecule has 0 aliphatic carbocycles. The third-order valence-corrected chi connectivity index (χ3v) is 6.40. The van der Waals surface area contributed by atoms with Gasteiger partial charge in [-0.05, 0) is 18.2 Å². The Morgan fingerprint density at radius 1 is 1.35 bits per heavy atom. The lowest BCUT2D eigenvalue weighted by atomic mass is 10.2. The Balaban J connectivity index is 1.89. The van der Waals surface area contributed by atoms with E-state index in [-0.39, 0.29) is 11.0 Å². The molecule has 7 heteroatoms. The second-order valence-electron chi connectivity index (χ2n) is 4.49. The number of rotatable bonds is 2. The fourth-order valence-corrected chi connectivity index (χ4v) is 4.91. The first kappa shape index (κ1) is 14.1. The van der Waals surface area contributed by atoms with Gasteiger partial charge in [0.05, 0.1) is 10.8 Å². The number of benzene rings is 1. The first-order chi connectivity index (χ1) is 9.65. The largest absolute Gasteiger partial charge is 0.507 e. The molecule has 0 saturated carbocycles. The molecule has 106 valence electrons. The summed E-state index contributed by atoms with van der Waals surface area (Å²) < 4.78 is 5.29. The van der Waals surface area contributed by atoms with Gasteiger partial charge in [-0.2, -0.15) is 16.7 Å². The second kappa shape index (κ2) is 5.87. The number of aromatic hydroxyl groups is 1. The minimum Gasteiger partial charge on any atom is -0.507 e. The molecule has 3 rings (SSSR count). The van der Waals surface area contributed by atoms with Crippen molar-refractivity contribution in [1.82, 2.24) is 10.1 Å². The minimum absolute atomic E-state index is 0.0476. The van der Waals surface area contributed by atoms with E-state index in [9.17, 15) is 5.11 Å². The maximum absolute atomic E-state index is 9.89. The van der Waals surface area contributed by atoms with Crippen molar-refractivity contribution in [3.05, 3.63) is 29.0 Å². The van der Waals surface area contributed by atoms with Gasteiger partial charge >= 0.3 is 0 Å². The van der Waals surface area contributed by atoms with Crippen LogP contribution >= 0.6 is 35.1 Å². The molecule has 1 aromatic carbocycles. The lowest BCUT2D eigenvalue weighted by Gasteiger charge is -2.24. The normalized spacial score (nSPS) is 22.9. The summed E-state index contributed by atoms with van der Waals surface area (Å²) in [4.78, 5) is 4.43. The van der Waals surface area contributed by atoms with E-state index in [1.165, 1.54) is 6.07 Å². The van der Waals surface area contributed by atoms with Gasteiger partial charge in [0, 0.05) is 21.8 Å². The zero-order chi connectivity index (χ0) is 14.1. The average molecular weight is 329 g/mol. The molecule has 2 atom stereocenters. The van der Waals surface area contributed by atoms with Gasteiger partial charge in [-0.25, -0.2) is 0 Å². The predicted octanol–water partition coefficient (Wildman–Crippen LogP) is 4.01. The lowest BCUT2D eigenvalue weighted by molar-refractivity contribution is 0.417. The standard InChI is InChI=1S/C13H13ClN2O2S2/c1-7-11(20-5-4-19-7)12-15-13(18-16-12)9-3-2-8(14)6-10(9)17/h2-3,6-7,11,17H,4-5H2,1H3. The molecule has 2 aromatic rings. The van der Waals surface area contributed by atoms with Gasteiger partial charge in [0.2, 0.25) is 0 Å². The second-order valence-corrected chi connectivity index (χ2v) is 7.66. The molecule has 1 N–H and O–H groups in total. The minimum atomic E-state index is 0.0476.